The second-order valence-electron chi connectivity index (χ2n) is 6.99. The Morgan fingerprint density at radius 1 is 1.24 bits per heavy atom. The van der Waals surface area contributed by atoms with Crippen LogP contribution in [0.15, 0.2) is 41.3 Å². The summed E-state index contributed by atoms with van der Waals surface area (Å²) in [4.78, 5) is 34.9. The lowest BCUT2D eigenvalue weighted by Crippen LogP contribution is -2.40. The van der Waals surface area contributed by atoms with E-state index in [4.69, 9.17) is 21.1 Å². The molecule has 1 N–H and O–H groups in total. The number of benzene rings is 2. The number of sulfonamides is 1. The molecule has 0 atom stereocenters. The second kappa shape index (κ2) is 10.3. The van der Waals surface area contributed by atoms with Gasteiger partial charge in [-0.25, -0.2) is 13.2 Å². The Morgan fingerprint density at radius 3 is 2.61 bits per heavy atom. The summed E-state index contributed by atoms with van der Waals surface area (Å²) < 4.78 is 37.0. The SMILES string of the molecule is Cc1c(C(=O)OCC(=O)Nc2cc(S(=O)(=O)N3CCOCC3)ccc2Cl)cccc1[N+](=O)[O-]. The number of carbonyl (C=O) groups excluding carboxylic acids is 2. The number of ether oxygens (including phenoxy) is 2. The zero-order chi connectivity index (χ0) is 24.2. The number of morpholine rings is 1. The molecular formula is C20H20ClN3O8S. The van der Waals surface area contributed by atoms with Gasteiger partial charge in [0, 0.05) is 24.7 Å². The van der Waals surface area contributed by atoms with Crippen LogP contribution in [0.2, 0.25) is 5.02 Å². The van der Waals surface area contributed by atoms with E-state index in [-0.39, 0.29) is 58.7 Å². The molecule has 0 aliphatic carbocycles. The van der Waals surface area contributed by atoms with Crippen LogP contribution >= 0.6 is 11.6 Å². The minimum atomic E-state index is -3.81. The maximum Gasteiger partial charge on any atom is 0.339 e. The van der Waals surface area contributed by atoms with Gasteiger partial charge in [-0.05, 0) is 31.2 Å². The lowest BCUT2D eigenvalue weighted by atomic mass is 10.1. The van der Waals surface area contributed by atoms with Gasteiger partial charge < -0.3 is 14.8 Å². The predicted molar refractivity (Wildman–Crippen MR) is 118 cm³/mol. The highest BCUT2D eigenvalue weighted by Crippen LogP contribution is 2.27. The number of amides is 1. The number of carbonyl (C=O) groups is 2. The molecule has 11 nitrogen and oxygen atoms in total. The third-order valence-electron chi connectivity index (χ3n) is 4.88. The Balaban J connectivity index is 1.68. The molecule has 1 saturated heterocycles. The largest absolute Gasteiger partial charge is 0.452 e. The Morgan fingerprint density at radius 2 is 1.94 bits per heavy atom. The molecular weight excluding hydrogens is 478 g/mol. The molecule has 0 spiro atoms. The molecule has 1 aliphatic heterocycles. The van der Waals surface area contributed by atoms with Crippen LogP contribution in [0.3, 0.4) is 0 Å². The molecule has 0 radical (unpaired) electrons. The van der Waals surface area contributed by atoms with Crippen LogP contribution in [0.1, 0.15) is 15.9 Å². The van der Waals surface area contributed by atoms with E-state index < -0.39 is 33.4 Å². The van der Waals surface area contributed by atoms with Crippen molar-refractivity contribution in [1.82, 2.24) is 4.31 Å². The van der Waals surface area contributed by atoms with Crippen LogP contribution < -0.4 is 5.32 Å². The fourth-order valence-electron chi connectivity index (χ4n) is 3.13. The van der Waals surface area contributed by atoms with E-state index in [1.165, 1.54) is 47.6 Å². The molecule has 1 amide bonds. The van der Waals surface area contributed by atoms with Crippen molar-refractivity contribution >= 4 is 44.9 Å². The number of nitro groups is 1. The smallest absolute Gasteiger partial charge is 0.339 e. The maximum atomic E-state index is 12.8. The Hall–Kier alpha value is -3.06. The van der Waals surface area contributed by atoms with Gasteiger partial charge in [-0.3, -0.25) is 14.9 Å². The fourth-order valence-corrected chi connectivity index (χ4v) is 4.73. The normalized spacial score (nSPS) is 14.5. The molecule has 2 aromatic carbocycles. The summed E-state index contributed by atoms with van der Waals surface area (Å²) in [5.41, 5.74) is -0.164. The summed E-state index contributed by atoms with van der Waals surface area (Å²) in [6.07, 6.45) is 0. The molecule has 0 saturated carbocycles. The molecule has 176 valence electrons. The third kappa shape index (κ3) is 5.66. The van der Waals surface area contributed by atoms with Crippen molar-refractivity contribution in [3.8, 4) is 0 Å². The minimum Gasteiger partial charge on any atom is -0.452 e. The van der Waals surface area contributed by atoms with E-state index >= 15 is 0 Å². The van der Waals surface area contributed by atoms with Crippen molar-refractivity contribution in [2.75, 3.05) is 38.2 Å². The molecule has 0 unspecified atom stereocenters. The van der Waals surface area contributed by atoms with E-state index in [1.54, 1.807) is 0 Å². The summed E-state index contributed by atoms with van der Waals surface area (Å²) in [6, 6.07) is 7.81. The van der Waals surface area contributed by atoms with Crippen LogP contribution in [0.4, 0.5) is 11.4 Å². The minimum absolute atomic E-state index is 0.0265. The van der Waals surface area contributed by atoms with Crippen molar-refractivity contribution in [2.24, 2.45) is 0 Å². The number of hydrogen-bond donors (Lipinski definition) is 1. The zero-order valence-corrected chi connectivity index (χ0v) is 19.0. The molecule has 1 aliphatic rings. The quantitative estimate of drug-likeness (QED) is 0.348. The van der Waals surface area contributed by atoms with Gasteiger partial charge in [0.2, 0.25) is 10.0 Å². The average molecular weight is 498 g/mol. The molecule has 33 heavy (non-hydrogen) atoms. The van der Waals surface area contributed by atoms with Crippen LogP contribution in [0.5, 0.6) is 0 Å². The molecule has 2 aromatic rings. The molecule has 13 heteroatoms. The first-order valence-corrected chi connectivity index (χ1v) is 11.5. The van der Waals surface area contributed by atoms with Gasteiger partial charge in [0.05, 0.1) is 39.3 Å². The topological polar surface area (TPSA) is 145 Å². The van der Waals surface area contributed by atoms with Crippen LogP contribution in [0, 0.1) is 17.0 Å². The van der Waals surface area contributed by atoms with Gasteiger partial charge in [-0.1, -0.05) is 17.7 Å². The lowest BCUT2D eigenvalue weighted by molar-refractivity contribution is -0.385. The van der Waals surface area contributed by atoms with Gasteiger partial charge in [0.1, 0.15) is 0 Å². The molecule has 3 rings (SSSR count). The van der Waals surface area contributed by atoms with Crippen LogP contribution in [-0.2, 0) is 24.3 Å². The summed E-state index contributed by atoms with van der Waals surface area (Å²) in [6.45, 7) is 1.67. The number of halogens is 1. The summed E-state index contributed by atoms with van der Waals surface area (Å²) >= 11 is 6.09. The molecule has 0 aromatic heterocycles. The predicted octanol–water partition coefficient (Wildman–Crippen LogP) is 2.37. The first kappa shape index (κ1) is 24.6. The maximum absolute atomic E-state index is 12.8. The highest BCUT2D eigenvalue weighted by molar-refractivity contribution is 7.89. The summed E-state index contributed by atoms with van der Waals surface area (Å²) in [5.74, 6) is -1.68. The summed E-state index contributed by atoms with van der Waals surface area (Å²) in [5, 5.41) is 13.5. The molecule has 1 fully saturated rings. The number of esters is 1. The Bertz CT molecular complexity index is 1200. The number of hydrogen-bond acceptors (Lipinski definition) is 8. The first-order chi connectivity index (χ1) is 15.6. The van der Waals surface area contributed by atoms with Gasteiger partial charge in [0.15, 0.2) is 6.61 Å². The molecule has 1 heterocycles. The van der Waals surface area contributed by atoms with Crippen LogP contribution in [0.25, 0.3) is 0 Å². The molecule has 0 bridgehead atoms. The average Bonchev–Trinajstić information content (AvgIpc) is 2.79. The number of rotatable bonds is 7. The number of nitrogens with one attached hydrogen (secondary N) is 1. The van der Waals surface area contributed by atoms with Crippen molar-refractivity contribution in [2.45, 2.75) is 11.8 Å². The second-order valence-corrected chi connectivity index (χ2v) is 9.33. The van der Waals surface area contributed by atoms with Crippen molar-refractivity contribution in [3.63, 3.8) is 0 Å². The standard InChI is InChI=1S/C20H20ClN3O8S/c1-13-15(3-2-4-18(13)24(27)28)20(26)32-12-19(25)22-17-11-14(5-6-16(17)21)33(29,30)23-7-9-31-10-8-23/h2-6,11H,7-10,12H2,1H3,(H,22,25). The Labute approximate surface area is 194 Å². The third-order valence-corrected chi connectivity index (χ3v) is 7.10. The van der Waals surface area contributed by atoms with E-state index in [2.05, 4.69) is 5.32 Å². The van der Waals surface area contributed by atoms with E-state index in [9.17, 15) is 28.1 Å². The summed E-state index contributed by atoms with van der Waals surface area (Å²) in [7, 11) is -3.81. The highest BCUT2D eigenvalue weighted by atomic mass is 35.5. The number of nitrogens with zero attached hydrogens (tertiary/aromatic N) is 2. The van der Waals surface area contributed by atoms with E-state index in [0.717, 1.165) is 0 Å². The fraction of sp³-hybridized carbons (Fsp3) is 0.300. The van der Waals surface area contributed by atoms with Crippen molar-refractivity contribution < 1.29 is 32.4 Å². The Kier molecular flexibility index (Phi) is 7.64. The van der Waals surface area contributed by atoms with Crippen molar-refractivity contribution in [3.05, 3.63) is 62.7 Å². The van der Waals surface area contributed by atoms with Crippen LogP contribution in [-0.4, -0.2) is 62.4 Å². The number of anilines is 1. The monoisotopic (exact) mass is 497 g/mol. The first-order valence-electron chi connectivity index (χ1n) is 9.69. The highest BCUT2D eigenvalue weighted by Gasteiger charge is 2.27. The van der Waals surface area contributed by atoms with E-state index in [0.29, 0.717) is 0 Å². The lowest BCUT2D eigenvalue weighted by Gasteiger charge is -2.26. The van der Waals surface area contributed by atoms with Gasteiger partial charge in [-0.2, -0.15) is 4.31 Å². The van der Waals surface area contributed by atoms with Gasteiger partial charge >= 0.3 is 5.97 Å². The zero-order valence-electron chi connectivity index (χ0n) is 17.4. The van der Waals surface area contributed by atoms with Gasteiger partial charge in [-0.15, -0.1) is 0 Å². The van der Waals surface area contributed by atoms with Crippen molar-refractivity contribution in [1.29, 1.82) is 0 Å². The van der Waals surface area contributed by atoms with Gasteiger partial charge in [0.25, 0.3) is 11.6 Å². The van der Waals surface area contributed by atoms with E-state index in [1.807, 2.05) is 0 Å². The number of nitro benzene ring substituents is 1.